The zero-order valence-corrected chi connectivity index (χ0v) is 17.6. The van der Waals surface area contributed by atoms with Crippen molar-refractivity contribution in [3.05, 3.63) is 71.2 Å². The molecule has 0 aliphatic heterocycles. The highest BCUT2D eigenvalue weighted by Crippen LogP contribution is 2.30. The summed E-state index contributed by atoms with van der Waals surface area (Å²) in [5, 5.41) is 6.65. The molecule has 4 aromatic rings. The van der Waals surface area contributed by atoms with Gasteiger partial charge in [0.25, 0.3) is 0 Å². The van der Waals surface area contributed by atoms with Gasteiger partial charge in [-0.2, -0.15) is 0 Å². The fraction of sp³-hybridized carbons (Fsp3) is 0.0909. The van der Waals surface area contributed by atoms with Crippen LogP contribution in [0, 0.1) is 0 Å². The van der Waals surface area contributed by atoms with Crippen molar-refractivity contribution < 1.29 is 9.59 Å². The van der Waals surface area contributed by atoms with Crippen LogP contribution < -0.4 is 10.6 Å². The van der Waals surface area contributed by atoms with Crippen molar-refractivity contribution in [3.8, 4) is 11.3 Å². The first-order valence-corrected chi connectivity index (χ1v) is 10.4. The number of rotatable bonds is 5. The third-order valence-electron chi connectivity index (χ3n) is 4.29. The summed E-state index contributed by atoms with van der Waals surface area (Å²) in [7, 11) is 0. The highest BCUT2D eigenvalue weighted by atomic mass is 35.5. The summed E-state index contributed by atoms with van der Waals surface area (Å²) < 4.78 is 0.936. The number of benzene rings is 2. The van der Waals surface area contributed by atoms with Gasteiger partial charge < -0.3 is 10.6 Å². The van der Waals surface area contributed by atoms with Crippen LogP contribution in [0.3, 0.4) is 0 Å². The van der Waals surface area contributed by atoms with Gasteiger partial charge in [0.1, 0.15) is 5.82 Å². The number of amides is 2. The molecule has 2 N–H and O–H groups in total. The van der Waals surface area contributed by atoms with Crippen molar-refractivity contribution in [2.24, 2.45) is 0 Å². The summed E-state index contributed by atoms with van der Waals surface area (Å²) in [6, 6.07) is 18.5. The molecule has 2 amide bonds. The molecule has 0 spiro atoms. The third kappa shape index (κ3) is 4.64. The van der Waals surface area contributed by atoms with Gasteiger partial charge >= 0.3 is 0 Å². The molecule has 0 saturated carbocycles. The molecular weight excluding hydrogens is 420 g/mol. The smallest absolute Gasteiger partial charge is 0.230 e. The number of hydrogen-bond acceptors (Lipinski definition) is 5. The molecule has 0 fully saturated rings. The number of carbonyl (C=O) groups is 2. The highest BCUT2D eigenvalue weighted by molar-refractivity contribution is 7.22. The van der Waals surface area contributed by atoms with E-state index in [0.29, 0.717) is 16.0 Å². The molecule has 0 aliphatic rings. The minimum Gasteiger partial charge on any atom is -0.310 e. The Hall–Kier alpha value is -3.29. The molecule has 2 aromatic carbocycles. The predicted molar refractivity (Wildman–Crippen MR) is 121 cm³/mol. The summed E-state index contributed by atoms with van der Waals surface area (Å²) in [6.45, 7) is 1.45. The van der Waals surface area contributed by atoms with Gasteiger partial charge in [-0.05, 0) is 35.9 Å². The van der Waals surface area contributed by atoms with Crippen molar-refractivity contribution >= 4 is 55.9 Å². The number of hydrogen-bond donors (Lipinski definition) is 2. The Morgan fingerprint density at radius 2 is 1.83 bits per heavy atom. The molecule has 30 heavy (non-hydrogen) atoms. The Labute approximate surface area is 181 Å². The number of halogens is 1. The summed E-state index contributed by atoms with van der Waals surface area (Å²) >= 11 is 7.53. The number of carbonyl (C=O) groups excluding carboxylic acids is 2. The molecule has 0 aliphatic carbocycles. The van der Waals surface area contributed by atoms with E-state index < -0.39 is 0 Å². The maximum absolute atomic E-state index is 12.4. The van der Waals surface area contributed by atoms with Crippen molar-refractivity contribution in [1.82, 2.24) is 9.97 Å². The van der Waals surface area contributed by atoms with Gasteiger partial charge in [-0.3, -0.25) is 9.59 Å². The lowest BCUT2D eigenvalue weighted by Gasteiger charge is -2.08. The Balaban J connectivity index is 1.53. The van der Waals surface area contributed by atoms with E-state index in [1.165, 1.54) is 18.3 Å². The van der Waals surface area contributed by atoms with E-state index in [9.17, 15) is 9.59 Å². The Morgan fingerprint density at radius 3 is 2.63 bits per heavy atom. The number of nitrogens with one attached hydrogen (secondary N) is 2. The number of thiazole rings is 1. The third-order valence-corrected chi connectivity index (χ3v) is 5.59. The van der Waals surface area contributed by atoms with E-state index in [4.69, 9.17) is 11.6 Å². The van der Waals surface area contributed by atoms with Crippen LogP contribution in [0.2, 0.25) is 5.02 Å². The van der Waals surface area contributed by atoms with E-state index in [1.54, 1.807) is 12.1 Å². The van der Waals surface area contributed by atoms with Crippen LogP contribution in [0.5, 0.6) is 0 Å². The van der Waals surface area contributed by atoms with Crippen LogP contribution in [0.25, 0.3) is 21.5 Å². The van der Waals surface area contributed by atoms with Crippen LogP contribution in [0.4, 0.5) is 10.9 Å². The van der Waals surface area contributed by atoms with Crippen LogP contribution in [0.15, 0.2) is 60.7 Å². The standard InChI is InChI=1S/C22H17ClN4O2S/c1-13(28)24-22-26-18-10-9-15(11-19(18)30-22)17-7-4-8-20(25-17)27-21(29)12-14-5-2-3-6-16(14)23/h2-11H,12H2,1H3,(H,24,26,28)(H,25,27,29). The van der Waals surface area contributed by atoms with E-state index in [0.717, 1.165) is 27.0 Å². The second kappa shape index (κ2) is 8.61. The minimum atomic E-state index is -0.189. The van der Waals surface area contributed by atoms with E-state index >= 15 is 0 Å². The number of fused-ring (bicyclic) bond motifs is 1. The summed E-state index contributed by atoms with van der Waals surface area (Å²) in [5.41, 5.74) is 3.18. The van der Waals surface area contributed by atoms with Crippen molar-refractivity contribution in [1.29, 1.82) is 0 Å². The molecular formula is C22H17ClN4O2S. The first-order valence-electron chi connectivity index (χ1n) is 9.17. The molecule has 4 rings (SSSR count). The molecule has 6 nitrogen and oxygen atoms in total. The normalized spacial score (nSPS) is 10.7. The summed E-state index contributed by atoms with van der Waals surface area (Å²) in [4.78, 5) is 32.6. The molecule has 8 heteroatoms. The first kappa shape index (κ1) is 20.0. The zero-order chi connectivity index (χ0) is 21.1. The van der Waals surface area contributed by atoms with Gasteiger partial charge in [-0.15, -0.1) is 0 Å². The van der Waals surface area contributed by atoms with Crippen LogP contribution >= 0.6 is 22.9 Å². The average Bonchev–Trinajstić information content (AvgIpc) is 3.10. The second-order valence-corrected chi connectivity index (χ2v) is 8.04. The lowest BCUT2D eigenvalue weighted by molar-refractivity contribution is -0.116. The molecule has 0 saturated heterocycles. The average molecular weight is 437 g/mol. The van der Waals surface area contributed by atoms with Gasteiger partial charge in [-0.25, -0.2) is 9.97 Å². The van der Waals surface area contributed by atoms with Crippen molar-refractivity contribution in [3.63, 3.8) is 0 Å². The highest BCUT2D eigenvalue weighted by Gasteiger charge is 2.10. The van der Waals surface area contributed by atoms with Crippen molar-refractivity contribution in [2.75, 3.05) is 10.6 Å². The minimum absolute atomic E-state index is 0.156. The predicted octanol–water partition coefficient (Wildman–Crippen LogP) is 5.15. The zero-order valence-electron chi connectivity index (χ0n) is 16.0. The van der Waals surface area contributed by atoms with E-state index in [-0.39, 0.29) is 18.2 Å². The van der Waals surface area contributed by atoms with Crippen LogP contribution in [0.1, 0.15) is 12.5 Å². The fourth-order valence-electron chi connectivity index (χ4n) is 2.95. The molecule has 0 unspecified atom stereocenters. The number of anilines is 2. The largest absolute Gasteiger partial charge is 0.310 e. The van der Waals surface area contributed by atoms with Gasteiger partial charge in [0, 0.05) is 17.5 Å². The number of aromatic nitrogens is 2. The number of nitrogens with zero attached hydrogens (tertiary/aromatic N) is 2. The lowest BCUT2D eigenvalue weighted by Crippen LogP contribution is -2.15. The Morgan fingerprint density at radius 1 is 1.00 bits per heavy atom. The summed E-state index contributed by atoms with van der Waals surface area (Å²) in [5.74, 6) is 0.120. The lowest BCUT2D eigenvalue weighted by atomic mass is 10.1. The monoisotopic (exact) mass is 436 g/mol. The number of pyridine rings is 1. The molecule has 0 radical (unpaired) electrons. The molecule has 2 aromatic heterocycles. The first-order chi connectivity index (χ1) is 14.5. The summed E-state index contributed by atoms with van der Waals surface area (Å²) in [6.07, 6.45) is 0.171. The second-order valence-electron chi connectivity index (χ2n) is 6.61. The Kier molecular flexibility index (Phi) is 5.74. The van der Waals surface area contributed by atoms with E-state index in [1.807, 2.05) is 48.5 Å². The topological polar surface area (TPSA) is 84.0 Å². The van der Waals surface area contributed by atoms with Gasteiger partial charge in [0.2, 0.25) is 11.8 Å². The fourth-order valence-corrected chi connectivity index (χ4v) is 4.11. The quantitative estimate of drug-likeness (QED) is 0.453. The van der Waals surface area contributed by atoms with E-state index in [2.05, 4.69) is 20.6 Å². The maximum atomic E-state index is 12.4. The SMILES string of the molecule is CC(=O)Nc1nc2ccc(-c3cccc(NC(=O)Cc4ccccc4Cl)n3)cc2s1. The van der Waals surface area contributed by atoms with Gasteiger partial charge in [0.05, 0.1) is 22.3 Å². The molecule has 0 bridgehead atoms. The molecule has 0 atom stereocenters. The van der Waals surface area contributed by atoms with Gasteiger partial charge in [-0.1, -0.05) is 53.3 Å². The molecule has 150 valence electrons. The van der Waals surface area contributed by atoms with Crippen LogP contribution in [-0.4, -0.2) is 21.8 Å². The van der Waals surface area contributed by atoms with Gasteiger partial charge in [0.15, 0.2) is 5.13 Å². The Bertz CT molecular complexity index is 1250. The van der Waals surface area contributed by atoms with Crippen molar-refractivity contribution in [2.45, 2.75) is 13.3 Å². The van der Waals surface area contributed by atoms with Crippen LogP contribution in [-0.2, 0) is 16.0 Å². The maximum Gasteiger partial charge on any atom is 0.230 e. The molecule has 2 heterocycles.